The normalized spacial score (nSPS) is 25.5. The first-order valence-corrected chi connectivity index (χ1v) is 24.6. The maximum atomic E-state index is 14.4. The van der Waals surface area contributed by atoms with Crippen molar-refractivity contribution < 1.29 is 48.1 Å². The minimum Gasteiger partial charge on any atom is -0.664 e. The number of hydrogen-bond acceptors (Lipinski definition) is 6. The van der Waals surface area contributed by atoms with Crippen molar-refractivity contribution in [2.24, 2.45) is 47.3 Å². The Balaban J connectivity index is 0.00000817. The van der Waals surface area contributed by atoms with Crippen molar-refractivity contribution in [2.45, 2.75) is 153 Å². The molecule has 3 aliphatic heterocycles. The van der Waals surface area contributed by atoms with Crippen molar-refractivity contribution in [3.8, 4) is 0 Å². The van der Waals surface area contributed by atoms with Crippen LogP contribution in [-0.4, -0.2) is 37.2 Å². The molecule has 8 bridgehead atoms. The van der Waals surface area contributed by atoms with Crippen LogP contribution >= 0.6 is 0 Å². The van der Waals surface area contributed by atoms with Gasteiger partial charge in [-0.1, -0.05) is 140 Å². The summed E-state index contributed by atoms with van der Waals surface area (Å²) in [6, 6.07) is 0. The summed E-state index contributed by atoms with van der Waals surface area (Å²) in [5.41, 5.74) is 9.10. The number of carbonyl (C=O) groups excluding carboxylic acids is 4. The molecule has 6 rings (SSSR count). The second-order valence-corrected chi connectivity index (χ2v) is 20.2. The van der Waals surface area contributed by atoms with Crippen LogP contribution in [0.1, 0.15) is 194 Å². The summed E-state index contributed by atoms with van der Waals surface area (Å²) in [7, 11) is 1.28. The van der Waals surface area contributed by atoms with Crippen molar-refractivity contribution in [3.05, 3.63) is 90.1 Å². The number of rotatable bonds is 20. The van der Waals surface area contributed by atoms with Crippen LogP contribution in [0.3, 0.4) is 0 Å². The fourth-order valence-corrected chi connectivity index (χ4v) is 10.6. The molecule has 0 N–H and O–H groups in total. The zero-order valence-corrected chi connectivity index (χ0v) is 45.0. The van der Waals surface area contributed by atoms with E-state index in [4.69, 9.17) is 30.1 Å². The van der Waals surface area contributed by atoms with Gasteiger partial charge in [-0.25, -0.2) is 0 Å². The van der Waals surface area contributed by atoms with Gasteiger partial charge in [-0.3, -0.25) is 19.2 Å². The van der Waals surface area contributed by atoms with Crippen molar-refractivity contribution in [1.82, 2.24) is 9.97 Å². The summed E-state index contributed by atoms with van der Waals surface area (Å²) in [6.07, 6.45) is 20.3. The van der Waals surface area contributed by atoms with Crippen LogP contribution < -0.4 is 9.97 Å². The monoisotopic (exact) mass is 950 g/mol. The topological polar surface area (TPSA) is 143 Å². The molecule has 0 amide bonds. The number of Topliss-reactive ketones (excluding diaryl/α,β-unsaturated/α-hetero) is 2. The first-order valence-electron chi connectivity index (χ1n) is 24.6. The molecule has 10 nitrogen and oxygen atoms in total. The van der Waals surface area contributed by atoms with E-state index in [0.717, 1.165) is 48.1 Å². The molecule has 5 heterocycles. The molecule has 356 valence electrons. The van der Waals surface area contributed by atoms with Crippen LogP contribution in [0.4, 0.5) is 0 Å². The number of allylic oxidation sites excluding steroid dienone is 5. The van der Waals surface area contributed by atoms with Gasteiger partial charge in [-0.2, -0.15) is 22.8 Å². The zero-order valence-electron chi connectivity index (χ0n) is 42.1. The van der Waals surface area contributed by atoms with Gasteiger partial charge in [-0.15, -0.1) is 22.8 Å². The number of nitrogens with zero attached hydrogens (tertiary/aromatic N) is 4. The summed E-state index contributed by atoms with van der Waals surface area (Å²) in [5, 5.41) is 10.3. The smallest absolute Gasteiger partial charge is 0.321 e. The standard InChI is InChI=1S/C55H76N4O6.Zn/c1-13-39-34(7)41-29-46-48(38(11)60)36(9)43(57-46)27-42-35(8)40(52(58-42)50-51(55(63)64-12)54(62)49-37(10)44(59-53(49)50)28-45(39)56-41)23-24-47(61)65-26-25-33(6)22-16-21-32(5)20-15-19-31(4)18-14-17-30(2)3;/h25,27-32,34-35,39-40,51H,13-24,26H2,1-12H3,(H2-2,56,57,58,59,60,62);/q-2;/p-2/b33-25+,42-27-,45-28-;/t31-,32-,34-,35+,39-,40+,51-;/m1./s1. The average Bonchev–Trinajstić information content (AvgIpc) is 4.00. The average molecular weight is 953 g/mol. The first-order chi connectivity index (χ1) is 30.9. The van der Waals surface area contributed by atoms with Gasteiger partial charge in [-0.05, 0) is 94.5 Å². The van der Waals surface area contributed by atoms with Gasteiger partial charge < -0.3 is 30.1 Å². The third kappa shape index (κ3) is 11.7. The Kier molecular flexibility index (Phi) is 18.5. The van der Waals surface area contributed by atoms with Crippen LogP contribution in [0.15, 0.2) is 34.4 Å². The van der Waals surface area contributed by atoms with Gasteiger partial charge in [0.25, 0.3) is 0 Å². The molecule has 2 aromatic rings. The van der Waals surface area contributed by atoms with Crippen LogP contribution in [0.5, 0.6) is 0 Å². The van der Waals surface area contributed by atoms with E-state index >= 15 is 0 Å². The third-order valence-corrected chi connectivity index (χ3v) is 14.8. The molecule has 2 fully saturated rings. The van der Waals surface area contributed by atoms with Crippen LogP contribution in [0.25, 0.3) is 34.4 Å². The summed E-state index contributed by atoms with van der Waals surface area (Å²) < 4.78 is 11.0. The zero-order chi connectivity index (χ0) is 47.3. The Morgan fingerprint density at radius 3 is 1.98 bits per heavy atom. The molecule has 2 aromatic heterocycles. The van der Waals surface area contributed by atoms with Crippen molar-refractivity contribution in [2.75, 3.05) is 13.7 Å². The molecule has 4 aliphatic rings. The van der Waals surface area contributed by atoms with Gasteiger partial charge in [0, 0.05) is 37.0 Å². The van der Waals surface area contributed by atoms with Gasteiger partial charge in [0.15, 0.2) is 11.6 Å². The van der Waals surface area contributed by atoms with E-state index in [2.05, 4.69) is 48.5 Å². The fourth-order valence-electron chi connectivity index (χ4n) is 10.6. The Labute approximate surface area is 407 Å². The largest absolute Gasteiger partial charge is 0.664 e. The van der Waals surface area contributed by atoms with Crippen LogP contribution in [-0.2, 0) is 38.5 Å². The summed E-state index contributed by atoms with van der Waals surface area (Å²) in [4.78, 5) is 64.7. The van der Waals surface area contributed by atoms with E-state index in [0.29, 0.717) is 68.8 Å². The molecule has 7 atom stereocenters. The van der Waals surface area contributed by atoms with Gasteiger partial charge in [0.05, 0.1) is 7.11 Å². The Hall–Kier alpha value is -4.24. The molecule has 0 aromatic carbocycles. The Morgan fingerprint density at radius 1 is 0.758 bits per heavy atom. The van der Waals surface area contributed by atoms with Crippen LogP contribution in [0, 0.1) is 61.2 Å². The van der Waals surface area contributed by atoms with Crippen LogP contribution in [0.2, 0.25) is 0 Å². The van der Waals surface area contributed by atoms with Gasteiger partial charge in [0.2, 0.25) is 0 Å². The van der Waals surface area contributed by atoms with E-state index in [-0.39, 0.29) is 73.7 Å². The van der Waals surface area contributed by atoms with E-state index < -0.39 is 11.9 Å². The molecule has 0 unspecified atom stereocenters. The maximum Gasteiger partial charge on any atom is 0.321 e. The van der Waals surface area contributed by atoms with Gasteiger partial charge >= 0.3 is 11.9 Å². The molecular formula is C55H74N4O6Zn-4. The predicted octanol–water partition coefficient (Wildman–Crippen LogP) is 13.2. The molecule has 0 saturated carbocycles. The quantitative estimate of drug-likeness (QED) is 0.0420. The van der Waals surface area contributed by atoms with Crippen molar-refractivity contribution >= 4 is 47.3 Å². The van der Waals surface area contributed by atoms with Crippen molar-refractivity contribution in [3.63, 3.8) is 0 Å². The van der Waals surface area contributed by atoms with Gasteiger partial charge in [0.1, 0.15) is 12.5 Å². The fraction of sp³-hybridized carbons (Fsp3) is 0.600. The Bertz CT molecular complexity index is 2280. The molecule has 1 aliphatic carbocycles. The minimum atomic E-state index is -1.25. The second kappa shape index (κ2) is 23.2. The minimum absolute atomic E-state index is 0. The third-order valence-electron chi connectivity index (χ3n) is 14.8. The first kappa shape index (κ1) is 52.7. The van der Waals surface area contributed by atoms with E-state index in [1.54, 1.807) is 6.92 Å². The number of hydrogen-bond donors (Lipinski definition) is 0. The Morgan fingerprint density at radius 2 is 1.35 bits per heavy atom. The summed E-state index contributed by atoms with van der Waals surface area (Å²) in [6.45, 7) is 23.3. The number of ketones is 2. The number of methoxy groups -OCH3 is 1. The number of fused-ring (bicyclic) bond motifs is 7. The molecule has 11 heteroatoms. The number of carbonyl (C=O) groups is 4. The summed E-state index contributed by atoms with van der Waals surface area (Å²) in [5.74, 6) is -0.869. The maximum absolute atomic E-state index is 14.4. The second-order valence-electron chi connectivity index (χ2n) is 20.2. The molecule has 2 saturated heterocycles. The number of esters is 2. The summed E-state index contributed by atoms with van der Waals surface area (Å²) >= 11 is 0. The molecule has 0 radical (unpaired) electrons. The van der Waals surface area contributed by atoms with E-state index in [1.807, 2.05) is 45.1 Å². The molecular weight excluding hydrogens is 878 g/mol. The SMILES string of the molecule is CC[C@H]1/C2=C/c3[n-]c4c(c3C)C(=O)[C@H](C(=O)OC)/C4=C3/[N-]/C(=C\c4[n-]c(c(C(C)=O)c4C)/C=C(\[N-]2)[C@@H]1C)[C@@H](C)[C@@H]3CCC(=O)OC/C=C(\C)CCC[C@H](C)CCC[C@H](C)CCCC(C)C.[Zn]. The predicted molar refractivity (Wildman–Crippen MR) is 261 cm³/mol. The number of ether oxygens (including phenoxy) is 2. The number of aromatic nitrogens is 2. The van der Waals surface area contributed by atoms with E-state index in [9.17, 15) is 19.2 Å². The van der Waals surface area contributed by atoms with E-state index in [1.165, 1.54) is 57.6 Å². The molecule has 66 heavy (non-hydrogen) atoms. The molecule has 0 spiro atoms. The van der Waals surface area contributed by atoms with Crippen molar-refractivity contribution in [1.29, 1.82) is 0 Å².